The third-order valence-electron chi connectivity index (χ3n) is 2.63. The minimum absolute atomic E-state index is 0.588. The second-order valence-electron chi connectivity index (χ2n) is 3.94. The lowest BCUT2D eigenvalue weighted by Gasteiger charge is -2.11. The van der Waals surface area contributed by atoms with Crippen molar-refractivity contribution in [3.8, 4) is 0 Å². The van der Waals surface area contributed by atoms with Crippen molar-refractivity contribution in [1.82, 2.24) is 0 Å². The van der Waals surface area contributed by atoms with Crippen molar-refractivity contribution in [3.63, 3.8) is 0 Å². The third-order valence-corrected chi connectivity index (χ3v) is 5.19. The molecule has 0 aliphatic carbocycles. The van der Waals surface area contributed by atoms with E-state index in [1.165, 1.54) is 4.88 Å². The summed E-state index contributed by atoms with van der Waals surface area (Å²) in [5, 5.41) is 11.0. The first-order chi connectivity index (χ1) is 7.99. The minimum Gasteiger partial charge on any atom is -0.384 e. The molecule has 0 aliphatic heterocycles. The topological polar surface area (TPSA) is 20.2 Å². The number of aryl methyl sites for hydroxylation is 2. The van der Waals surface area contributed by atoms with Gasteiger partial charge in [0.15, 0.2) is 0 Å². The highest BCUT2D eigenvalue weighted by atomic mass is 127. The zero-order chi connectivity index (χ0) is 12.6. The van der Waals surface area contributed by atoms with Crippen LogP contribution in [0.25, 0.3) is 0 Å². The standard InChI is InChI=1S/C13H12ClIOS/c1-7-5-10(8(2)17-7)13(16)9-3-4-12(15)11(14)6-9/h3-6,13,16H,1-2H3. The van der Waals surface area contributed by atoms with Gasteiger partial charge in [0.25, 0.3) is 0 Å². The predicted molar refractivity (Wildman–Crippen MR) is 82.0 cm³/mol. The monoisotopic (exact) mass is 378 g/mol. The Labute approximate surface area is 124 Å². The maximum absolute atomic E-state index is 10.3. The van der Waals surface area contributed by atoms with Crippen molar-refractivity contribution in [2.45, 2.75) is 20.0 Å². The maximum atomic E-state index is 10.3. The summed E-state index contributed by atoms with van der Waals surface area (Å²) in [6.45, 7) is 4.08. The quantitative estimate of drug-likeness (QED) is 0.751. The van der Waals surface area contributed by atoms with Crippen LogP contribution in [0.4, 0.5) is 0 Å². The Bertz CT molecular complexity index is 550. The summed E-state index contributed by atoms with van der Waals surface area (Å²) in [7, 11) is 0. The summed E-state index contributed by atoms with van der Waals surface area (Å²) in [4.78, 5) is 2.37. The molecule has 1 unspecified atom stereocenters. The van der Waals surface area contributed by atoms with Gasteiger partial charge in [0, 0.05) is 13.3 Å². The summed E-state index contributed by atoms with van der Waals surface area (Å²) >= 11 is 9.96. The summed E-state index contributed by atoms with van der Waals surface area (Å²) in [6, 6.07) is 7.72. The lowest BCUT2D eigenvalue weighted by molar-refractivity contribution is 0.220. The van der Waals surface area contributed by atoms with Gasteiger partial charge in [-0.3, -0.25) is 0 Å². The number of aliphatic hydroxyl groups is 1. The van der Waals surface area contributed by atoms with Crippen molar-refractivity contribution in [2.24, 2.45) is 0 Å². The van der Waals surface area contributed by atoms with E-state index in [0.717, 1.165) is 19.6 Å². The van der Waals surface area contributed by atoms with Gasteiger partial charge in [-0.1, -0.05) is 17.7 Å². The molecular formula is C13H12ClIOS. The Morgan fingerprint density at radius 3 is 2.53 bits per heavy atom. The first kappa shape index (κ1) is 13.3. The molecule has 0 fully saturated rings. The number of rotatable bonds is 2. The molecule has 1 aromatic heterocycles. The molecule has 1 heterocycles. The molecule has 17 heavy (non-hydrogen) atoms. The molecule has 1 aromatic carbocycles. The number of benzene rings is 1. The summed E-state index contributed by atoms with van der Waals surface area (Å²) < 4.78 is 0.999. The van der Waals surface area contributed by atoms with Gasteiger partial charge in [0.2, 0.25) is 0 Å². The van der Waals surface area contributed by atoms with E-state index in [1.54, 1.807) is 11.3 Å². The Balaban J connectivity index is 2.40. The molecule has 2 aromatic rings. The number of halogens is 2. The average Bonchev–Trinajstić information content (AvgIpc) is 2.61. The van der Waals surface area contributed by atoms with Gasteiger partial charge < -0.3 is 5.11 Å². The van der Waals surface area contributed by atoms with Gasteiger partial charge in [-0.25, -0.2) is 0 Å². The van der Waals surface area contributed by atoms with Crippen LogP contribution in [0.1, 0.15) is 27.0 Å². The van der Waals surface area contributed by atoms with Crippen LogP contribution in [-0.4, -0.2) is 5.11 Å². The van der Waals surface area contributed by atoms with Gasteiger partial charge in [-0.05, 0) is 65.8 Å². The Morgan fingerprint density at radius 1 is 1.29 bits per heavy atom. The van der Waals surface area contributed by atoms with Crippen molar-refractivity contribution in [2.75, 3.05) is 0 Å². The minimum atomic E-state index is -0.588. The van der Waals surface area contributed by atoms with Crippen molar-refractivity contribution in [1.29, 1.82) is 0 Å². The van der Waals surface area contributed by atoms with Crippen LogP contribution in [0.2, 0.25) is 5.02 Å². The molecule has 0 radical (unpaired) electrons. The fraction of sp³-hybridized carbons (Fsp3) is 0.231. The molecule has 0 spiro atoms. The SMILES string of the molecule is Cc1cc(C(O)c2ccc(I)c(Cl)c2)c(C)s1. The average molecular weight is 379 g/mol. The van der Waals surface area contributed by atoms with Gasteiger partial charge >= 0.3 is 0 Å². The fourth-order valence-corrected chi connectivity index (χ4v) is 3.27. The van der Waals surface area contributed by atoms with Crippen molar-refractivity contribution in [3.05, 3.63) is 53.7 Å². The number of hydrogen-bond donors (Lipinski definition) is 1. The van der Waals surface area contributed by atoms with Crippen molar-refractivity contribution >= 4 is 45.5 Å². The molecule has 90 valence electrons. The van der Waals surface area contributed by atoms with Crippen LogP contribution in [-0.2, 0) is 0 Å². The molecule has 0 saturated carbocycles. The molecular weight excluding hydrogens is 367 g/mol. The molecule has 2 rings (SSSR count). The highest BCUT2D eigenvalue weighted by Crippen LogP contribution is 2.32. The molecule has 1 N–H and O–H groups in total. The highest BCUT2D eigenvalue weighted by Gasteiger charge is 2.15. The zero-order valence-corrected chi connectivity index (χ0v) is 13.2. The molecule has 4 heteroatoms. The molecule has 1 nitrogen and oxygen atoms in total. The Morgan fingerprint density at radius 2 is 2.00 bits per heavy atom. The lowest BCUT2D eigenvalue weighted by atomic mass is 10.0. The largest absolute Gasteiger partial charge is 0.384 e. The summed E-state index contributed by atoms with van der Waals surface area (Å²) in [5.41, 5.74) is 1.82. The van der Waals surface area contributed by atoms with E-state index in [-0.39, 0.29) is 0 Å². The number of aliphatic hydroxyl groups excluding tert-OH is 1. The smallest absolute Gasteiger partial charge is 0.105 e. The predicted octanol–water partition coefficient (Wildman–Crippen LogP) is 4.70. The number of thiophene rings is 1. The van der Waals surface area contributed by atoms with E-state index >= 15 is 0 Å². The second kappa shape index (κ2) is 5.26. The van der Waals surface area contributed by atoms with Crippen molar-refractivity contribution < 1.29 is 5.11 Å². The van der Waals surface area contributed by atoms with E-state index < -0.39 is 6.10 Å². The molecule has 1 atom stereocenters. The van der Waals surface area contributed by atoms with Gasteiger partial charge in [-0.2, -0.15) is 0 Å². The molecule has 0 aliphatic rings. The lowest BCUT2D eigenvalue weighted by Crippen LogP contribution is -1.99. The van der Waals surface area contributed by atoms with Crippen LogP contribution in [0, 0.1) is 17.4 Å². The van der Waals surface area contributed by atoms with Gasteiger partial charge in [0.05, 0.1) is 5.02 Å². The first-order valence-corrected chi connectivity index (χ1v) is 7.46. The van der Waals surface area contributed by atoms with E-state index in [1.807, 2.05) is 31.2 Å². The normalized spacial score (nSPS) is 12.8. The Hall–Kier alpha value is -0.100. The Kier molecular flexibility index (Phi) is 4.13. The second-order valence-corrected chi connectivity index (χ2v) is 6.97. The zero-order valence-electron chi connectivity index (χ0n) is 9.50. The van der Waals surface area contributed by atoms with Crippen LogP contribution < -0.4 is 0 Å². The van der Waals surface area contributed by atoms with Crippen LogP contribution in [0.3, 0.4) is 0 Å². The molecule has 0 saturated heterocycles. The van der Waals surface area contributed by atoms with Gasteiger partial charge in [-0.15, -0.1) is 11.3 Å². The van der Waals surface area contributed by atoms with E-state index in [9.17, 15) is 5.11 Å². The number of hydrogen-bond acceptors (Lipinski definition) is 2. The maximum Gasteiger partial charge on any atom is 0.105 e. The first-order valence-electron chi connectivity index (χ1n) is 5.19. The van der Waals surface area contributed by atoms with E-state index in [0.29, 0.717) is 5.02 Å². The van der Waals surface area contributed by atoms with Gasteiger partial charge in [0.1, 0.15) is 6.10 Å². The highest BCUT2D eigenvalue weighted by molar-refractivity contribution is 14.1. The van der Waals surface area contributed by atoms with Crippen LogP contribution in [0.5, 0.6) is 0 Å². The van der Waals surface area contributed by atoms with E-state index in [4.69, 9.17) is 11.6 Å². The summed E-state index contributed by atoms with van der Waals surface area (Å²) in [5.74, 6) is 0. The summed E-state index contributed by atoms with van der Waals surface area (Å²) in [6.07, 6.45) is -0.588. The molecule has 0 bridgehead atoms. The molecule has 0 amide bonds. The van der Waals surface area contributed by atoms with E-state index in [2.05, 4.69) is 29.5 Å². The van der Waals surface area contributed by atoms with Crippen LogP contribution >= 0.6 is 45.5 Å². The van der Waals surface area contributed by atoms with Crippen LogP contribution in [0.15, 0.2) is 24.3 Å². The third kappa shape index (κ3) is 2.84. The fourth-order valence-electron chi connectivity index (χ4n) is 1.78.